The molecule has 1 amide bonds. The van der Waals surface area contributed by atoms with E-state index in [2.05, 4.69) is 5.10 Å². The van der Waals surface area contributed by atoms with Crippen molar-refractivity contribution >= 4 is 15.9 Å². The normalized spacial score (nSPS) is 14.6. The van der Waals surface area contributed by atoms with Gasteiger partial charge in [-0.25, -0.2) is 13.1 Å². The van der Waals surface area contributed by atoms with E-state index in [0.717, 1.165) is 11.3 Å². The number of hydrogen-bond donors (Lipinski definition) is 0. The van der Waals surface area contributed by atoms with Gasteiger partial charge in [-0.15, -0.1) is 0 Å². The number of rotatable bonds is 5. The van der Waals surface area contributed by atoms with Crippen LogP contribution in [0.3, 0.4) is 0 Å². The number of carbonyl (C=O) groups excluding carboxylic acids is 1. The number of sulfonamides is 1. The van der Waals surface area contributed by atoms with Gasteiger partial charge in [0, 0.05) is 32.4 Å². The van der Waals surface area contributed by atoms with Crippen LogP contribution in [0.2, 0.25) is 0 Å². The number of ether oxygens (including phenoxy) is 1. The van der Waals surface area contributed by atoms with Gasteiger partial charge in [-0.1, -0.05) is 6.07 Å². The number of aryl methyl sites for hydroxylation is 1. The first-order chi connectivity index (χ1) is 15.8. The zero-order chi connectivity index (χ0) is 23.6. The van der Waals surface area contributed by atoms with Crippen molar-refractivity contribution in [3.05, 3.63) is 71.5 Å². The van der Waals surface area contributed by atoms with E-state index < -0.39 is 10.0 Å². The number of nitriles is 1. The van der Waals surface area contributed by atoms with Gasteiger partial charge in [0.2, 0.25) is 10.0 Å². The fraction of sp³-hybridized carbons (Fsp3) is 0.261. The molecule has 1 aliphatic heterocycles. The lowest BCUT2D eigenvalue weighted by atomic mass is 10.2. The van der Waals surface area contributed by atoms with Crippen LogP contribution in [-0.2, 0) is 10.0 Å². The Morgan fingerprint density at radius 2 is 1.76 bits per heavy atom. The molecule has 0 unspecified atom stereocenters. The molecule has 3 aromatic rings. The highest BCUT2D eigenvalue weighted by atomic mass is 32.2. The third kappa shape index (κ3) is 4.46. The summed E-state index contributed by atoms with van der Waals surface area (Å²) in [5, 5.41) is 13.3. The minimum Gasteiger partial charge on any atom is -0.494 e. The van der Waals surface area contributed by atoms with Gasteiger partial charge >= 0.3 is 0 Å². The summed E-state index contributed by atoms with van der Waals surface area (Å²) in [7, 11) is -2.11. The molecule has 4 rings (SSSR count). The first-order valence-corrected chi connectivity index (χ1v) is 11.8. The summed E-state index contributed by atoms with van der Waals surface area (Å²) in [5.41, 5.74) is 2.44. The van der Waals surface area contributed by atoms with Crippen LogP contribution in [0.25, 0.3) is 5.69 Å². The van der Waals surface area contributed by atoms with Crippen LogP contribution in [0.5, 0.6) is 5.75 Å². The highest BCUT2D eigenvalue weighted by Gasteiger charge is 2.31. The topological polar surface area (TPSA) is 109 Å². The van der Waals surface area contributed by atoms with Crippen molar-refractivity contribution in [2.45, 2.75) is 11.8 Å². The largest absolute Gasteiger partial charge is 0.494 e. The predicted octanol–water partition coefficient (Wildman–Crippen LogP) is 2.21. The Kier molecular flexibility index (Phi) is 6.18. The maximum Gasteiger partial charge on any atom is 0.274 e. The number of carbonyl (C=O) groups is 1. The van der Waals surface area contributed by atoms with Crippen LogP contribution in [-0.4, -0.2) is 66.6 Å². The Bertz CT molecular complexity index is 1320. The fourth-order valence-corrected chi connectivity index (χ4v) is 5.12. The molecule has 33 heavy (non-hydrogen) atoms. The summed E-state index contributed by atoms with van der Waals surface area (Å²) in [6.07, 6.45) is 1.70. The Hall–Kier alpha value is -3.68. The van der Waals surface area contributed by atoms with Crippen molar-refractivity contribution in [1.29, 1.82) is 5.26 Å². The Morgan fingerprint density at radius 1 is 1.06 bits per heavy atom. The van der Waals surface area contributed by atoms with Crippen molar-refractivity contribution in [3.63, 3.8) is 0 Å². The average Bonchev–Trinajstić information content (AvgIpc) is 3.34. The summed E-state index contributed by atoms with van der Waals surface area (Å²) >= 11 is 0. The van der Waals surface area contributed by atoms with Gasteiger partial charge in [-0.05, 0) is 55.0 Å². The molecule has 170 valence electrons. The molecular weight excluding hydrogens is 442 g/mol. The summed E-state index contributed by atoms with van der Waals surface area (Å²) in [5.74, 6) is 0.389. The summed E-state index contributed by atoms with van der Waals surface area (Å²) in [6, 6.07) is 15.1. The maximum absolute atomic E-state index is 13.0. The molecule has 1 fully saturated rings. The highest BCUT2D eigenvalue weighted by molar-refractivity contribution is 7.89. The number of amides is 1. The van der Waals surface area contributed by atoms with E-state index in [1.54, 1.807) is 29.0 Å². The zero-order valence-corrected chi connectivity index (χ0v) is 19.1. The monoisotopic (exact) mass is 465 g/mol. The van der Waals surface area contributed by atoms with Crippen LogP contribution in [0, 0.1) is 18.3 Å². The molecule has 0 atom stereocenters. The SMILES string of the molecule is COc1ccc(C)cc1-n1ccc(C(=O)N2CCN(S(=O)(=O)c3ccc(C#N)cc3)CC2)n1. The number of hydrogen-bond acceptors (Lipinski definition) is 6. The molecule has 0 bridgehead atoms. The molecule has 2 aromatic carbocycles. The lowest BCUT2D eigenvalue weighted by Gasteiger charge is -2.33. The van der Waals surface area contributed by atoms with Gasteiger partial charge in [0.1, 0.15) is 11.4 Å². The second-order valence-electron chi connectivity index (χ2n) is 7.65. The second kappa shape index (κ2) is 9.05. The second-order valence-corrected chi connectivity index (χ2v) is 9.59. The lowest BCUT2D eigenvalue weighted by molar-refractivity contribution is 0.0691. The van der Waals surface area contributed by atoms with E-state index >= 15 is 0 Å². The summed E-state index contributed by atoms with van der Waals surface area (Å²) in [4.78, 5) is 14.7. The molecule has 1 saturated heterocycles. The highest BCUT2D eigenvalue weighted by Crippen LogP contribution is 2.24. The molecule has 10 heteroatoms. The van der Waals surface area contributed by atoms with Crippen molar-refractivity contribution in [3.8, 4) is 17.5 Å². The smallest absolute Gasteiger partial charge is 0.274 e. The minimum absolute atomic E-state index is 0.132. The van der Waals surface area contributed by atoms with Crippen molar-refractivity contribution < 1.29 is 17.9 Å². The van der Waals surface area contributed by atoms with E-state index in [1.807, 2.05) is 31.2 Å². The summed E-state index contributed by atoms with van der Waals surface area (Å²) in [6.45, 7) is 2.84. The first-order valence-electron chi connectivity index (χ1n) is 10.3. The first kappa shape index (κ1) is 22.5. The number of aromatic nitrogens is 2. The van der Waals surface area contributed by atoms with Gasteiger partial charge in [-0.2, -0.15) is 14.7 Å². The van der Waals surface area contributed by atoms with Gasteiger partial charge in [0.25, 0.3) is 5.91 Å². The Balaban J connectivity index is 1.45. The van der Waals surface area contributed by atoms with Crippen LogP contribution in [0.15, 0.2) is 59.6 Å². The quantitative estimate of drug-likeness (QED) is 0.572. The fourth-order valence-electron chi connectivity index (χ4n) is 3.70. The standard InChI is InChI=1S/C23H23N5O4S/c1-17-3-8-22(32-2)21(15-17)28-10-9-20(25-28)23(29)26-11-13-27(14-12-26)33(30,31)19-6-4-18(16-24)5-7-19/h3-10,15H,11-14H2,1-2H3. The number of piperazine rings is 1. The van der Waals surface area contributed by atoms with Crippen LogP contribution in [0.1, 0.15) is 21.6 Å². The van der Waals surface area contributed by atoms with E-state index in [1.165, 1.54) is 28.6 Å². The molecule has 0 N–H and O–H groups in total. The number of nitrogens with zero attached hydrogens (tertiary/aromatic N) is 5. The molecule has 1 aromatic heterocycles. The van der Waals surface area contributed by atoms with E-state index in [0.29, 0.717) is 11.3 Å². The van der Waals surface area contributed by atoms with Gasteiger partial charge in [0.05, 0.1) is 23.6 Å². The Labute approximate surface area is 192 Å². The number of methoxy groups -OCH3 is 1. The van der Waals surface area contributed by atoms with Gasteiger partial charge < -0.3 is 9.64 Å². The minimum atomic E-state index is -3.69. The molecule has 0 aliphatic carbocycles. The van der Waals surface area contributed by atoms with Crippen molar-refractivity contribution in [2.24, 2.45) is 0 Å². The molecule has 0 radical (unpaired) electrons. The van der Waals surface area contributed by atoms with Gasteiger partial charge in [-0.3, -0.25) is 4.79 Å². The van der Waals surface area contributed by atoms with Crippen LogP contribution < -0.4 is 4.74 Å². The Morgan fingerprint density at radius 3 is 2.39 bits per heavy atom. The van der Waals surface area contributed by atoms with Crippen molar-refractivity contribution in [2.75, 3.05) is 33.3 Å². The molecule has 9 nitrogen and oxygen atoms in total. The third-order valence-corrected chi connectivity index (χ3v) is 7.45. The average molecular weight is 466 g/mol. The molecule has 2 heterocycles. The van der Waals surface area contributed by atoms with Crippen molar-refractivity contribution in [1.82, 2.24) is 19.0 Å². The maximum atomic E-state index is 13.0. The van der Waals surface area contributed by atoms with Crippen LogP contribution in [0.4, 0.5) is 0 Å². The predicted molar refractivity (Wildman–Crippen MR) is 121 cm³/mol. The summed E-state index contributed by atoms with van der Waals surface area (Å²) < 4.78 is 34.1. The zero-order valence-electron chi connectivity index (χ0n) is 18.3. The van der Waals surface area contributed by atoms with E-state index in [4.69, 9.17) is 10.00 Å². The van der Waals surface area contributed by atoms with Crippen LogP contribution >= 0.6 is 0 Å². The number of benzene rings is 2. The lowest BCUT2D eigenvalue weighted by Crippen LogP contribution is -2.50. The molecule has 0 saturated carbocycles. The van der Waals surface area contributed by atoms with E-state index in [9.17, 15) is 13.2 Å². The molecule has 1 aliphatic rings. The van der Waals surface area contributed by atoms with E-state index in [-0.39, 0.29) is 42.7 Å². The molecule has 0 spiro atoms. The third-order valence-electron chi connectivity index (χ3n) is 5.54. The van der Waals surface area contributed by atoms with Gasteiger partial charge in [0.15, 0.2) is 5.69 Å². The molecular formula is C23H23N5O4S.